The SMILES string of the molecule is C=Cc1cccc2nc(C)ccc12. The number of fused-ring (bicyclic) bond motifs is 1. The van der Waals surface area contributed by atoms with Gasteiger partial charge >= 0.3 is 0 Å². The molecular weight excluding hydrogens is 158 g/mol. The van der Waals surface area contributed by atoms with Crippen LogP contribution in [0.4, 0.5) is 0 Å². The molecule has 0 spiro atoms. The van der Waals surface area contributed by atoms with E-state index in [4.69, 9.17) is 0 Å². The van der Waals surface area contributed by atoms with Gasteiger partial charge in [0.1, 0.15) is 0 Å². The zero-order chi connectivity index (χ0) is 9.26. The lowest BCUT2D eigenvalue weighted by Crippen LogP contribution is -1.84. The van der Waals surface area contributed by atoms with Crippen molar-refractivity contribution in [2.24, 2.45) is 0 Å². The Morgan fingerprint density at radius 3 is 2.85 bits per heavy atom. The molecule has 1 nitrogen and oxygen atoms in total. The first-order valence-corrected chi connectivity index (χ1v) is 4.30. The molecule has 0 saturated heterocycles. The Hall–Kier alpha value is -1.63. The number of aryl methyl sites for hydroxylation is 1. The van der Waals surface area contributed by atoms with E-state index in [1.54, 1.807) is 0 Å². The minimum atomic E-state index is 1.04. The molecule has 0 amide bonds. The van der Waals surface area contributed by atoms with Gasteiger partial charge < -0.3 is 0 Å². The van der Waals surface area contributed by atoms with Crippen molar-refractivity contribution in [3.63, 3.8) is 0 Å². The number of rotatable bonds is 1. The maximum absolute atomic E-state index is 4.44. The van der Waals surface area contributed by atoms with Gasteiger partial charge in [0.05, 0.1) is 5.52 Å². The maximum Gasteiger partial charge on any atom is 0.0711 e. The summed E-state index contributed by atoms with van der Waals surface area (Å²) in [6.07, 6.45) is 1.86. The number of hydrogen-bond acceptors (Lipinski definition) is 1. The van der Waals surface area contributed by atoms with Crippen LogP contribution >= 0.6 is 0 Å². The topological polar surface area (TPSA) is 12.9 Å². The molecule has 0 aliphatic carbocycles. The highest BCUT2D eigenvalue weighted by Gasteiger charge is 1.97. The van der Waals surface area contributed by atoms with Gasteiger partial charge in [-0.25, -0.2) is 0 Å². The van der Waals surface area contributed by atoms with Crippen molar-refractivity contribution in [3.05, 3.63) is 48.2 Å². The van der Waals surface area contributed by atoms with E-state index >= 15 is 0 Å². The van der Waals surface area contributed by atoms with Crippen LogP contribution in [0, 0.1) is 6.92 Å². The van der Waals surface area contributed by atoms with E-state index in [1.165, 1.54) is 5.39 Å². The van der Waals surface area contributed by atoms with Gasteiger partial charge in [-0.05, 0) is 24.6 Å². The maximum atomic E-state index is 4.44. The van der Waals surface area contributed by atoms with Gasteiger partial charge in [-0.15, -0.1) is 0 Å². The molecular formula is C12H11N. The largest absolute Gasteiger partial charge is 0.253 e. The van der Waals surface area contributed by atoms with E-state index in [0.717, 1.165) is 16.8 Å². The molecule has 64 valence electrons. The normalized spacial score (nSPS) is 10.2. The van der Waals surface area contributed by atoms with Gasteiger partial charge in [0.25, 0.3) is 0 Å². The molecule has 0 aliphatic rings. The lowest BCUT2D eigenvalue weighted by molar-refractivity contribution is 1.25. The fourth-order valence-corrected chi connectivity index (χ4v) is 1.46. The standard InChI is InChI=1S/C12H11N/c1-3-10-5-4-6-12-11(10)8-7-9(2)13-12/h3-8H,1H2,2H3. The number of pyridine rings is 1. The molecule has 0 aliphatic heterocycles. The molecule has 1 heterocycles. The van der Waals surface area contributed by atoms with Gasteiger partial charge in [0.15, 0.2) is 0 Å². The van der Waals surface area contributed by atoms with E-state index < -0.39 is 0 Å². The minimum absolute atomic E-state index is 1.04. The molecule has 1 aromatic heterocycles. The highest BCUT2D eigenvalue weighted by atomic mass is 14.7. The monoisotopic (exact) mass is 169 g/mol. The highest BCUT2D eigenvalue weighted by molar-refractivity contribution is 5.87. The Morgan fingerprint density at radius 2 is 2.08 bits per heavy atom. The van der Waals surface area contributed by atoms with E-state index in [0.29, 0.717) is 0 Å². The minimum Gasteiger partial charge on any atom is -0.253 e. The summed E-state index contributed by atoms with van der Waals surface area (Å²) in [6, 6.07) is 10.2. The fraction of sp³-hybridized carbons (Fsp3) is 0.0833. The van der Waals surface area contributed by atoms with Crippen molar-refractivity contribution in [3.8, 4) is 0 Å². The highest BCUT2D eigenvalue weighted by Crippen LogP contribution is 2.17. The molecule has 1 aromatic carbocycles. The van der Waals surface area contributed by atoms with Gasteiger partial charge in [-0.3, -0.25) is 4.98 Å². The van der Waals surface area contributed by atoms with E-state index in [-0.39, 0.29) is 0 Å². The van der Waals surface area contributed by atoms with Gasteiger partial charge in [0.2, 0.25) is 0 Å². The first-order valence-electron chi connectivity index (χ1n) is 4.30. The Balaban J connectivity index is 2.84. The fourth-order valence-electron chi connectivity index (χ4n) is 1.46. The van der Waals surface area contributed by atoms with E-state index in [1.807, 2.05) is 37.3 Å². The predicted octanol–water partition coefficient (Wildman–Crippen LogP) is 3.19. The van der Waals surface area contributed by atoms with Crippen molar-refractivity contribution in [2.45, 2.75) is 6.92 Å². The van der Waals surface area contributed by atoms with Crippen molar-refractivity contribution in [2.75, 3.05) is 0 Å². The van der Waals surface area contributed by atoms with Crippen LogP contribution in [0.25, 0.3) is 17.0 Å². The van der Waals surface area contributed by atoms with Crippen LogP contribution in [0.1, 0.15) is 11.3 Å². The number of aromatic nitrogens is 1. The number of nitrogens with zero attached hydrogens (tertiary/aromatic N) is 1. The first kappa shape index (κ1) is 7.99. The summed E-state index contributed by atoms with van der Waals surface area (Å²) in [7, 11) is 0. The molecule has 13 heavy (non-hydrogen) atoms. The Morgan fingerprint density at radius 1 is 1.23 bits per heavy atom. The average Bonchev–Trinajstić information content (AvgIpc) is 2.16. The molecule has 0 atom stereocenters. The third kappa shape index (κ3) is 1.33. The van der Waals surface area contributed by atoms with Gasteiger partial charge in [0, 0.05) is 11.1 Å². The number of benzene rings is 1. The van der Waals surface area contributed by atoms with Crippen LogP contribution in [-0.4, -0.2) is 4.98 Å². The van der Waals surface area contributed by atoms with Crippen molar-refractivity contribution in [1.82, 2.24) is 4.98 Å². The molecule has 0 N–H and O–H groups in total. The van der Waals surface area contributed by atoms with Crippen molar-refractivity contribution >= 4 is 17.0 Å². The molecule has 0 fully saturated rings. The van der Waals surface area contributed by atoms with Crippen molar-refractivity contribution in [1.29, 1.82) is 0 Å². The quantitative estimate of drug-likeness (QED) is 0.638. The second-order valence-corrected chi connectivity index (χ2v) is 3.07. The molecule has 0 bridgehead atoms. The second kappa shape index (κ2) is 3.02. The third-order valence-corrected chi connectivity index (χ3v) is 2.12. The molecule has 2 rings (SSSR count). The van der Waals surface area contributed by atoms with Crippen LogP contribution in [0.3, 0.4) is 0 Å². The average molecular weight is 169 g/mol. The molecule has 0 radical (unpaired) electrons. The molecule has 1 heteroatoms. The second-order valence-electron chi connectivity index (χ2n) is 3.07. The Bertz CT molecular complexity index is 458. The summed E-state index contributed by atoms with van der Waals surface area (Å²) < 4.78 is 0. The van der Waals surface area contributed by atoms with Gasteiger partial charge in [-0.1, -0.05) is 30.9 Å². The zero-order valence-corrected chi connectivity index (χ0v) is 7.62. The van der Waals surface area contributed by atoms with Gasteiger partial charge in [-0.2, -0.15) is 0 Å². The molecule has 0 saturated carbocycles. The molecule has 0 unspecified atom stereocenters. The Kier molecular flexibility index (Phi) is 1.85. The van der Waals surface area contributed by atoms with Crippen molar-refractivity contribution < 1.29 is 0 Å². The summed E-state index contributed by atoms with van der Waals surface area (Å²) in [5.41, 5.74) is 3.23. The summed E-state index contributed by atoms with van der Waals surface area (Å²) in [6.45, 7) is 5.78. The Labute approximate surface area is 77.7 Å². The summed E-state index contributed by atoms with van der Waals surface area (Å²) in [5, 5.41) is 1.17. The summed E-state index contributed by atoms with van der Waals surface area (Å²) in [5.74, 6) is 0. The third-order valence-electron chi connectivity index (χ3n) is 2.12. The number of hydrogen-bond donors (Lipinski definition) is 0. The summed E-state index contributed by atoms with van der Waals surface area (Å²) >= 11 is 0. The smallest absolute Gasteiger partial charge is 0.0711 e. The molecule has 2 aromatic rings. The van der Waals surface area contributed by atoms with Crippen LogP contribution in [0.15, 0.2) is 36.9 Å². The van der Waals surface area contributed by atoms with Crippen LogP contribution in [0.2, 0.25) is 0 Å². The predicted molar refractivity (Wildman–Crippen MR) is 56.6 cm³/mol. The first-order chi connectivity index (χ1) is 6.31. The van der Waals surface area contributed by atoms with Crippen LogP contribution < -0.4 is 0 Å². The summed E-state index contributed by atoms with van der Waals surface area (Å²) in [4.78, 5) is 4.44. The lowest BCUT2D eigenvalue weighted by atomic mass is 10.1. The van der Waals surface area contributed by atoms with Crippen LogP contribution in [-0.2, 0) is 0 Å². The lowest BCUT2D eigenvalue weighted by Gasteiger charge is -2.01. The zero-order valence-electron chi connectivity index (χ0n) is 7.62. The van der Waals surface area contributed by atoms with E-state index in [2.05, 4.69) is 17.6 Å². The van der Waals surface area contributed by atoms with E-state index in [9.17, 15) is 0 Å². The van der Waals surface area contributed by atoms with Crippen LogP contribution in [0.5, 0.6) is 0 Å².